The van der Waals surface area contributed by atoms with Crippen LogP contribution in [0.15, 0.2) is 101 Å². The van der Waals surface area contributed by atoms with Crippen LogP contribution in [0.5, 0.6) is 0 Å². The van der Waals surface area contributed by atoms with Crippen molar-refractivity contribution >= 4 is 56.2 Å². The van der Waals surface area contributed by atoms with Gasteiger partial charge < -0.3 is 4.42 Å². The number of benzene rings is 2. The van der Waals surface area contributed by atoms with Gasteiger partial charge in [0.2, 0.25) is 0 Å². The fraction of sp³-hybridized carbons (Fsp3) is 0. The Balaban J connectivity index is 1.64. The quantitative estimate of drug-likeness (QED) is 0.248. The second-order valence-electron chi connectivity index (χ2n) is 8.69. The molecule has 8 bridgehead atoms. The summed E-state index contributed by atoms with van der Waals surface area (Å²) in [6, 6.07) is 33.3. The average Bonchev–Trinajstić information content (AvgIpc) is 3.72. The molecule has 0 unspecified atom stereocenters. The van der Waals surface area contributed by atoms with Crippen LogP contribution in [0.1, 0.15) is 22.8 Å². The molecule has 0 atom stereocenters. The van der Waals surface area contributed by atoms with Gasteiger partial charge in [0.1, 0.15) is 11.2 Å². The predicted molar refractivity (Wildman–Crippen MR) is 151 cm³/mol. The van der Waals surface area contributed by atoms with Crippen LogP contribution >= 0.6 is 11.3 Å². The average molecular weight is 481 g/mol. The van der Waals surface area contributed by atoms with E-state index in [0.29, 0.717) is 0 Å². The van der Waals surface area contributed by atoms with Crippen LogP contribution in [0.25, 0.3) is 67.1 Å². The number of furan rings is 1. The zero-order valence-electron chi connectivity index (χ0n) is 19.3. The zero-order valence-corrected chi connectivity index (χ0v) is 20.1. The van der Waals surface area contributed by atoms with Gasteiger partial charge in [-0.05, 0) is 59.7 Å². The molecule has 2 aliphatic heterocycles. The molecular weight excluding hydrogens is 460 g/mol. The maximum absolute atomic E-state index is 6.06. The summed E-state index contributed by atoms with van der Waals surface area (Å²) in [4.78, 5) is 9.96. The first-order chi connectivity index (χ1) is 17.8. The van der Waals surface area contributed by atoms with E-state index in [9.17, 15) is 0 Å². The molecule has 0 aliphatic carbocycles. The van der Waals surface area contributed by atoms with Gasteiger partial charge in [-0.1, -0.05) is 60.7 Å². The van der Waals surface area contributed by atoms with E-state index in [4.69, 9.17) is 14.4 Å². The first kappa shape index (κ1) is 20.8. The van der Waals surface area contributed by atoms with Crippen molar-refractivity contribution in [1.29, 1.82) is 0 Å². The van der Waals surface area contributed by atoms with Crippen molar-refractivity contribution in [2.75, 3.05) is 0 Å². The summed E-state index contributed by atoms with van der Waals surface area (Å²) in [6.45, 7) is 0. The molecule has 3 nitrogen and oxygen atoms in total. The molecule has 3 aromatic heterocycles. The summed E-state index contributed by atoms with van der Waals surface area (Å²) in [5, 5.41) is 0. The van der Waals surface area contributed by atoms with Gasteiger partial charge in [-0.15, -0.1) is 11.3 Å². The monoisotopic (exact) mass is 480 g/mol. The van der Waals surface area contributed by atoms with Gasteiger partial charge in [-0.25, -0.2) is 9.97 Å². The van der Waals surface area contributed by atoms with E-state index in [-0.39, 0.29) is 0 Å². The lowest BCUT2D eigenvalue weighted by molar-refractivity contribution is 0.665. The molecule has 36 heavy (non-hydrogen) atoms. The third-order valence-electron chi connectivity index (χ3n) is 6.29. The maximum Gasteiger partial charge on any atom is 0.129 e. The molecule has 0 saturated heterocycles. The number of hydrogen-bond acceptors (Lipinski definition) is 4. The highest BCUT2D eigenvalue weighted by molar-refractivity contribution is 7.24. The number of hydrogen-bond donors (Lipinski definition) is 0. The van der Waals surface area contributed by atoms with Crippen molar-refractivity contribution in [3.05, 3.63) is 120 Å². The van der Waals surface area contributed by atoms with E-state index in [0.717, 1.165) is 56.2 Å². The third kappa shape index (κ3) is 3.78. The van der Waals surface area contributed by atoms with Crippen LogP contribution in [0.2, 0.25) is 0 Å². The SMILES string of the molecule is C1=Cc2nc1cc1ccc(cc3nc(c(-c4ccccc4)c4ccc(s4)c2-c2ccccc2)C=C3)o1. The van der Waals surface area contributed by atoms with Gasteiger partial charge in [-0.2, -0.15) is 0 Å². The molecular formula is C32H20N2OS. The summed E-state index contributed by atoms with van der Waals surface area (Å²) in [5.74, 6) is 0. The van der Waals surface area contributed by atoms with Crippen molar-refractivity contribution < 1.29 is 4.42 Å². The lowest BCUT2D eigenvalue weighted by Crippen LogP contribution is -1.83. The Morgan fingerprint density at radius 1 is 0.500 bits per heavy atom. The fourth-order valence-electron chi connectivity index (χ4n) is 4.66. The molecule has 5 heterocycles. The lowest BCUT2D eigenvalue weighted by atomic mass is 10.0. The molecule has 0 spiro atoms. The number of nitrogens with zero attached hydrogens (tertiary/aromatic N) is 2. The van der Waals surface area contributed by atoms with Gasteiger partial charge >= 0.3 is 0 Å². The van der Waals surface area contributed by atoms with Gasteiger partial charge in [0.15, 0.2) is 0 Å². The van der Waals surface area contributed by atoms with E-state index in [1.165, 1.54) is 9.40 Å². The molecule has 2 aliphatic rings. The smallest absolute Gasteiger partial charge is 0.129 e. The van der Waals surface area contributed by atoms with E-state index < -0.39 is 0 Å². The molecule has 170 valence electrons. The molecule has 0 amide bonds. The second-order valence-corrected chi connectivity index (χ2v) is 9.77. The van der Waals surface area contributed by atoms with Crippen molar-refractivity contribution in [3.63, 3.8) is 0 Å². The first-order valence-corrected chi connectivity index (χ1v) is 12.6. The summed E-state index contributed by atoms with van der Waals surface area (Å²) in [5.41, 5.74) is 9.68. The standard InChI is InChI=1S/C32H20N2OS/c1-3-7-21(8-4-1)31-27-15-11-23(33-27)19-25-13-14-26(35-25)20-24-12-16-28(34-24)32(22-9-5-2-6-10-22)30-18-17-29(31)36-30/h1-20H. The molecule has 0 saturated carbocycles. The predicted octanol–water partition coefficient (Wildman–Crippen LogP) is 8.99. The minimum Gasteiger partial charge on any atom is -0.457 e. The van der Waals surface area contributed by atoms with Crippen molar-refractivity contribution in [2.45, 2.75) is 0 Å². The normalized spacial score (nSPS) is 12.2. The zero-order chi connectivity index (χ0) is 23.9. The molecule has 4 heteroatoms. The van der Waals surface area contributed by atoms with Crippen LogP contribution < -0.4 is 0 Å². The molecule has 0 radical (unpaired) electrons. The molecule has 5 aromatic rings. The van der Waals surface area contributed by atoms with Crippen LogP contribution in [-0.2, 0) is 0 Å². The Morgan fingerprint density at radius 2 is 0.972 bits per heavy atom. The molecule has 0 fully saturated rings. The summed E-state index contributed by atoms with van der Waals surface area (Å²) in [6.07, 6.45) is 8.27. The van der Waals surface area contributed by atoms with Gasteiger partial charge in [0, 0.05) is 32.7 Å². The Labute approximate surface area is 212 Å². The number of rotatable bonds is 2. The molecule has 2 aromatic carbocycles. The number of fused-ring (bicyclic) bond motifs is 8. The maximum atomic E-state index is 6.06. The Kier molecular flexibility index (Phi) is 4.97. The van der Waals surface area contributed by atoms with E-state index in [2.05, 4.69) is 72.8 Å². The highest BCUT2D eigenvalue weighted by Crippen LogP contribution is 2.38. The van der Waals surface area contributed by atoms with Gasteiger partial charge in [0.25, 0.3) is 0 Å². The number of aromatic nitrogens is 2. The van der Waals surface area contributed by atoms with Gasteiger partial charge in [0.05, 0.1) is 22.8 Å². The summed E-state index contributed by atoms with van der Waals surface area (Å²) >= 11 is 1.77. The molecule has 0 N–H and O–H groups in total. The van der Waals surface area contributed by atoms with Gasteiger partial charge in [-0.3, -0.25) is 0 Å². The topological polar surface area (TPSA) is 38.9 Å². The van der Waals surface area contributed by atoms with Crippen LogP contribution in [0, 0.1) is 0 Å². The number of thiophene rings is 1. The molecule has 7 rings (SSSR count). The Morgan fingerprint density at radius 3 is 1.44 bits per heavy atom. The minimum absolute atomic E-state index is 0.765. The summed E-state index contributed by atoms with van der Waals surface area (Å²) in [7, 11) is 0. The van der Waals surface area contributed by atoms with Crippen LogP contribution in [0.4, 0.5) is 0 Å². The third-order valence-corrected chi connectivity index (χ3v) is 7.41. The highest BCUT2D eigenvalue weighted by atomic mass is 32.1. The highest BCUT2D eigenvalue weighted by Gasteiger charge is 2.14. The van der Waals surface area contributed by atoms with Crippen LogP contribution in [-0.4, -0.2) is 9.97 Å². The lowest BCUT2D eigenvalue weighted by Gasteiger charge is -2.04. The van der Waals surface area contributed by atoms with Crippen LogP contribution in [0.3, 0.4) is 0 Å². The Hall–Kier alpha value is -4.54. The van der Waals surface area contributed by atoms with Crippen molar-refractivity contribution in [2.24, 2.45) is 0 Å². The first-order valence-electron chi connectivity index (χ1n) is 11.8. The van der Waals surface area contributed by atoms with Crippen molar-refractivity contribution in [1.82, 2.24) is 9.97 Å². The largest absolute Gasteiger partial charge is 0.457 e. The summed E-state index contributed by atoms with van der Waals surface area (Å²) < 4.78 is 8.40. The second kappa shape index (κ2) is 8.59. The van der Waals surface area contributed by atoms with E-state index in [1.54, 1.807) is 11.3 Å². The van der Waals surface area contributed by atoms with E-state index >= 15 is 0 Å². The van der Waals surface area contributed by atoms with E-state index in [1.807, 2.05) is 48.6 Å². The fourth-order valence-corrected chi connectivity index (χ4v) is 5.82. The van der Waals surface area contributed by atoms with Crippen molar-refractivity contribution in [3.8, 4) is 22.3 Å². The Bertz CT molecular complexity index is 1700. The minimum atomic E-state index is 0.765.